The smallest absolute Gasteiger partial charge is 0.338 e. The van der Waals surface area contributed by atoms with Crippen LogP contribution in [-0.2, 0) is 42.9 Å². The number of aliphatic hydroxyl groups is 2. The summed E-state index contributed by atoms with van der Waals surface area (Å²) >= 11 is 0. The fourth-order valence-corrected chi connectivity index (χ4v) is 8.93. The number of hydrogen-bond acceptors (Lipinski definition) is 12. The number of esters is 4. The molecule has 9 unspecified atom stereocenters. The molecule has 12 nitrogen and oxygen atoms in total. The van der Waals surface area contributed by atoms with Gasteiger partial charge in [-0.15, -0.1) is 0 Å². The van der Waals surface area contributed by atoms with Crippen LogP contribution in [0.25, 0.3) is 6.08 Å². The molecule has 4 aliphatic rings. The van der Waals surface area contributed by atoms with Crippen LogP contribution in [0.5, 0.6) is 0 Å². The Balaban J connectivity index is 1.59. The minimum Gasteiger partial charge on any atom is -0.455 e. The van der Waals surface area contributed by atoms with Gasteiger partial charge in [0.25, 0.3) is 0 Å². The van der Waals surface area contributed by atoms with E-state index in [1.165, 1.54) is 32.1 Å². The number of carbonyl (C=O) groups is 5. The number of fused-ring (bicyclic) bond motifs is 5. The SMILES string of the molecule is CC(=O)OC1C(=O)C2(C)C(O)CC3OCC3(OC(C)=O)C2C(OC(=O)c2ccccc2)C2(O)CC(OC(=O)/C=C/c3ccccc3)C(C)=C1C2(C)C. The van der Waals surface area contributed by atoms with Crippen molar-refractivity contribution >= 4 is 35.7 Å². The van der Waals surface area contributed by atoms with Gasteiger partial charge in [-0.25, -0.2) is 9.59 Å². The Morgan fingerprint density at radius 3 is 2.12 bits per heavy atom. The van der Waals surface area contributed by atoms with Gasteiger partial charge in [-0.05, 0) is 48.8 Å². The summed E-state index contributed by atoms with van der Waals surface area (Å²) in [5.41, 5.74) is -6.01. The van der Waals surface area contributed by atoms with Gasteiger partial charge in [0.05, 0.1) is 29.6 Å². The lowest BCUT2D eigenvalue weighted by Crippen LogP contribution is -2.82. The summed E-state index contributed by atoms with van der Waals surface area (Å²) in [6.07, 6.45) is -4.70. The maximum absolute atomic E-state index is 15.2. The van der Waals surface area contributed by atoms with Crippen molar-refractivity contribution < 1.29 is 57.9 Å². The molecule has 1 heterocycles. The zero-order chi connectivity index (χ0) is 37.8. The van der Waals surface area contributed by atoms with Crippen LogP contribution in [0.1, 0.15) is 70.3 Å². The molecule has 9 atom stereocenters. The maximum atomic E-state index is 15.2. The first-order valence-corrected chi connectivity index (χ1v) is 17.3. The maximum Gasteiger partial charge on any atom is 0.338 e. The van der Waals surface area contributed by atoms with Crippen LogP contribution >= 0.6 is 0 Å². The molecule has 276 valence electrons. The van der Waals surface area contributed by atoms with Crippen LogP contribution in [-0.4, -0.2) is 88.2 Å². The number of carbonyl (C=O) groups excluding carboxylic acids is 5. The molecule has 0 amide bonds. The molecule has 0 spiro atoms. The Labute approximate surface area is 301 Å². The topological polar surface area (TPSA) is 172 Å². The number of ketones is 1. The Morgan fingerprint density at radius 1 is 0.904 bits per heavy atom. The molecule has 3 aliphatic carbocycles. The number of ether oxygens (including phenoxy) is 5. The third-order valence-electron chi connectivity index (χ3n) is 11.7. The fourth-order valence-electron chi connectivity index (χ4n) is 8.93. The largest absolute Gasteiger partial charge is 0.455 e. The standard InChI is InChI=1S/C40H44O12/c1-22-27(50-30(44)18-17-25-13-9-7-10-14-25)20-40(47)35(51-36(46)26-15-11-8-12-16-26)33-38(6,28(43)19-29-39(33,21-48-29)52-24(3)42)34(45)32(49-23(2)41)31(22)37(40,4)5/h7-18,27-29,32-33,35,43,47H,19-21H2,1-6H3/b18-17+. The minimum atomic E-state index is -2.21. The van der Waals surface area contributed by atoms with E-state index in [0.717, 1.165) is 12.5 Å². The highest BCUT2D eigenvalue weighted by Crippen LogP contribution is 2.64. The van der Waals surface area contributed by atoms with Crippen LogP contribution in [0.2, 0.25) is 0 Å². The molecule has 2 N–H and O–H groups in total. The van der Waals surface area contributed by atoms with E-state index in [2.05, 4.69) is 0 Å². The van der Waals surface area contributed by atoms with Gasteiger partial charge in [0.2, 0.25) is 0 Å². The first kappa shape index (κ1) is 37.1. The van der Waals surface area contributed by atoms with E-state index in [9.17, 15) is 29.4 Å². The Hall–Kier alpha value is -4.65. The van der Waals surface area contributed by atoms with E-state index < -0.39 is 88.1 Å². The second-order valence-corrected chi connectivity index (χ2v) is 14.9. The summed E-state index contributed by atoms with van der Waals surface area (Å²) in [6.45, 7) is 8.40. The minimum absolute atomic E-state index is 0.132. The van der Waals surface area contributed by atoms with E-state index in [0.29, 0.717) is 5.57 Å². The molecular weight excluding hydrogens is 672 g/mol. The summed E-state index contributed by atoms with van der Waals surface area (Å²) in [6, 6.07) is 17.1. The van der Waals surface area contributed by atoms with Crippen molar-refractivity contribution in [2.45, 2.75) is 96.1 Å². The molecule has 2 aromatic rings. The van der Waals surface area contributed by atoms with Crippen LogP contribution in [0.4, 0.5) is 0 Å². The van der Waals surface area contributed by atoms with Crippen molar-refractivity contribution in [3.8, 4) is 0 Å². The van der Waals surface area contributed by atoms with Gasteiger partial charge in [0.15, 0.2) is 17.5 Å². The quantitative estimate of drug-likeness (QED) is 0.184. The Bertz CT molecular complexity index is 1830. The van der Waals surface area contributed by atoms with E-state index in [1.807, 2.05) is 18.2 Å². The molecule has 2 bridgehead atoms. The average molecular weight is 717 g/mol. The van der Waals surface area contributed by atoms with Crippen molar-refractivity contribution in [2.24, 2.45) is 16.7 Å². The second-order valence-electron chi connectivity index (χ2n) is 14.9. The van der Waals surface area contributed by atoms with E-state index in [-0.39, 0.29) is 30.6 Å². The molecule has 2 aromatic carbocycles. The van der Waals surface area contributed by atoms with Crippen LogP contribution < -0.4 is 0 Å². The molecule has 3 fully saturated rings. The highest BCUT2D eigenvalue weighted by atomic mass is 16.6. The van der Waals surface area contributed by atoms with Gasteiger partial charge in [0.1, 0.15) is 23.9 Å². The summed E-state index contributed by atoms with van der Waals surface area (Å²) in [4.78, 5) is 68.3. The molecule has 12 heteroatoms. The lowest BCUT2D eigenvalue weighted by molar-refractivity contribution is -0.346. The Kier molecular flexibility index (Phi) is 9.56. The molecule has 52 heavy (non-hydrogen) atoms. The lowest BCUT2D eigenvalue weighted by atomic mass is 9.44. The third kappa shape index (κ3) is 5.86. The van der Waals surface area contributed by atoms with Crippen molar-refractivity contribution in [3.63, 3.8) is 0 Å². The molecule has 1 aliphatic heterocycles. The highest BCUT2D eigenvalue weighted by Gasteiger charge is 2.78. The van der Waals surface area contributed by atoms with E-state index in [1.54, 1.807) is 57.2 Å². The monoisotopic (exact) mass is 716 g/mol. The van der Waals surface area contributed by atoms with E-state index >= 15 is 4.79 Å². The average Bonchev–Trinajstić information content (AvgIpc) is 3.09. The lowest BCUT2D eigenvalue weighted by Gasteiger charge is -2.67. The first-order valence-electron chi connectivity index (χ1n) is 17.3. The zero-order valence-corrected chi connectivity index (χ0v) is 30.0. The van der Waals surface area contributed by atoms with Gasteiger partial charge in [-0.1, -0.05) is 62.4 Å². The van der Waals surface area contributed by atoms with Crippen molar-refractivity contribution in [1.29, 1.82) is 0 Å². The van der Waals surface area contributed by atoms with Crippen LogP contribution in [0.15, 0.2) is 77.9 Å². The summed E-state index contributed by atoms with van der Waals surface area (Å²) < 4.78 is 30.0. The second kappa shape index (κ2) is 13.4. The predicted octanol–water partition coefficient (Wildman–Crippen LogP) is 3.92. The van der Waals surface area contributed by atoms with Gasteiger partial charge in [-0.2, -0.15) is 0 Å². The van der Waals surface area contributed by atoms with Crippen molar-refractivity contribution in [2.75, 3.05) is 6.61 Å². The van der Waals surface area contributed by atoms with Gasteiger partial charge < -0.3 is 33.9 Å². The normalized spacial score (nSPS) is 34.8. The summed E-state index contributed by atoms with van der Waals surface area (Å²) in [7, 11) is 0. The van der Waals surface area contributed by atoms with Crippen molar-refractivity contribution in [1.82, 2.24) is 0 Å². The van der Waals surface area contributed by atoms with Gasteiger partial charge >= 0.3 is 23.9 Å². The highest BCUT2D eigenvalue weighted by molar-refractivity contribution is 5.95. The predicted molar refractivity (Wildman–Crippen MR) is 184 cm³/mol. The van der Waals surface area contributed by atoms with E-state index in [4.69, 9.17) is 23.7 Å². The number of rotatable bonds is 7. The van der Waals surface area contributed by atoms with Crippen LogP contribution in [0.3, 0.4) is 0 Å². The number of Topliss-reactive ketones (excluding diaryl/α,β-unsaturated/α-hetero) is 1. The molecule has 1 saturated heterocycles. The van der Waals surface area contributed by atoms with Crippen LogP contribution in [0, 0.1) is 16.7 Å². The Morgan fingerprint density at radius 2 is 1.54 bits per heavy atom. The third-order valence-corrected chi connectivity index (χ3v) is 11.7. The zero-order valence-electron chi connectivity index (χ0n) is 30.0. The molecule has 0 radical (unpaired) electrons. The first-order chi connectivity index (χ1) is 24.5. The molecule has 2 saturated carbocycles. The molecule has 0 aromatic heterocycles. The number of hydrogen-bond donors (Lipinski definition) is 2. The fraction of sp³-hybridized carbons (Fsp3) is 0.475. The summed E-state index contributed by atoms with van der Waals surface area (Å²) in [5.74, 6) is -5.37. The van der Waals surface area contributed by atoms with Gasteiger partial charge in [-0.3, -0.25) is 14.4 Å². The summed E-state index contributed by atoms with van der Waals surface area (Å²) in [5, 5.41) is 25.3. The molecule has 6 rings (SSSR count). The molecular formula is C40H44O12. The van der Waals surface area contributed by atoms with Gasteiger partial charge in [0, 0.05) is 38.2 Å². The van der Waals surface area contributed by atoms with Crippen molar-refractivity contribution in [3.05, 3.63) is 89.0 Å². The number of aliphatic hydroxyl groups excluding tert-OH is 1. The number of benzene rings is 2.